The Morgan fingerprint density at radius 2 is 1.19 bits per heavy atom. The molecule has 3 heterocycles. The van der Waals surface area contributed by atoms with Gasteiger partial charge in [0.15, 0.2) is 0 Å². The Labute approximate surface area is 124 Å². The zero-order chi connectivity index (χ0) is 14.8. The summed E-state index contributed by atoms with van der Waals surface area (Å²) in [5.41, 5.74) is 7.04. The van der Waals surface area contributed by atoms with Crippen LogP contribution in [0, 0.1) is 20.8 Å². The molecule has 3 aromatic heterocycles. The van der Waals surface area contributed by atoms with Crippen molar-refractivity contribution in [1.82, 2.24) is 15.0 Å². The van der Waals surface area contributed by atoms with Gasteiger partial charge in [-0.2, -0.15) is 0 Å². The number of hydrogen-bond acceptors (Lipinski definition) is 3. The van der Waals surface area contributed by atoms with Crippen molar-refractivity contribution in [3.8, 4) is 22.8 Å². The molecule has 0 amide bonds. The second kappa shape index (κ2) is 5.44. The Hall–Kier alpha value is -2.55. The summed E-state index contributed by atoms with van der Waals surface area (Å²) in [6.45, 7) is 6.17. The van der Waals surface area contributed by atoms with E-state index in [0.717, 1.165) is 39.5 Å². The van der Waals surface area contributed by atoms with Gasteiger partial charge in [0, 0.05) is 12.4 Å². The molecule has 21 heavy (non-hydrogen) atoms. The average molecular weight is 275 g/mol. The van der Waals surface area contributed by atoms with Crippen LogP contribution in [-0.4, -0.2) is 15.0 Å². The molecule has 3 heteroatoms. The summed E-state index contributed by atoms with van der Waals surface area (Å²) in [5, 5.41) is 0. The van der Waals surface area contributed by atoms with Crippen molar-refractivity contribution >= 4 is 0 Å². The molecule has 0 spiro atoms. The molecule has 0 aliphatic carbocycles. The fourth-order valence-electron chi connectivity index (χ4n) is 2.39. The van der Waals surface area contributed by atoms with E-state index >= 15 is 0 Å². The maximum Gasteiger partial charge on any atom is 0.0926 e. The summed E-state index contributed by atoms with van der Waals surface area (Å²) in [6.07, 6.45) is 3.61. The predicted molar refractivity (Wildman–Crippen MR) is 84.9 cm³/mol. The SMILES string of the molecule is Cc1cccnc1-c1ccc(C)c(-c2ncccc2C)n1. The molecule has 0 atom stereocenters. The molecule has 3 aromatic rings. The van der Waals surface area contributed by atoms with Crippen LogP contribution in [0.2, 0.25) is 0 Å². The summed E-state index contributed by atoms with van der Waals surface area (Å²) in [6, 6.07) is 12.1. The third kappa shape index (κ3) is 2.55. The molecule has 0 N–H and O–H groups in total. The van der Waals surface area contributed by atoms with E-state index in [1.807, 2.05) is 24.4 Å². The van der Waals surface area contributed by atoms with E-state index in [0.29, 0.717) is 0 Å². The topological polar surface area (TPSA) is 38.7 Å². The van der Waals surface area contributed by atoms with Crippen LogP contribution >= 0.6 is 0 Å². The maximum atomic E-state index is 4.81. The molecule has 0 aliphatic heterocycles. The Morgan fingerprint density at radius 1 is 0.619 bits per heavy atom. The van der Waals surface area contributed by atoms with Gasteiger partial charge in [-0.15, -0.1) is 0 Å². The molecule has 0 aliphatic rings. The molecule has 104 valence electrons. The first-order valence-corrected chi connectivity index (χ1v) is 6.98. The number of hydrogen-bond donors (Lipinski definition) is 0. The average Bonchev–Trinajstić information content (AvgIpc) is 2.49. The van der Waals surface area contributed by atoms with Gasteiger partial charge in [0.1, 0.15) is 0 Å². The standard InChI is InChI=1S/C18H17N3/c1-12-6-4-10-19-16(12)15-9-8-14(3)18(21-15)17-13(2)7-5-11-20-17/h4-11H,1-3H3. The highest BCUT2D eigenvalue weighted by Crippen LogP contribution is 2.26. The number of nitrogens with zero attached hydrogens (tertiary/aromatic N) is 3. The molecule has 0 saturated carbocycles. The number of rotatable bonds is 2. The van der Waals surface area contributed by atoms with Crippen molar-refractivity contribution in [3.05, 3.63) is 65.5 Å². The molecule has 3 nitrogen and oxygen atoms in total. The van der Waals surface area contributed by atoms with Crippen molar-refractivity contribution in [1.29, 1.82) is 0 Å². The van der Waals surface area contributed by atoms with Gasteiger partial charge in [0.05, 0.1) is 22.8 Å². The Balaban J connectivity index is 2.18. The van der Waals surface area contributed by atoms with E-state index < -0.39 is 0 Å². The lowest BCUT2D eigenvalue weighted by atomic mass is 10.1. The molecule has 0 fully saturated rings. The van der Waals surface area contributed by atoms with Crippen LogP contribution in [0.15, 0.2) is 48.8 Å². The second-order valence-corrected chi connectivity index (χ2v) is 5.20. The van der Waals surface area contributed by atoms with E-state index in [1.165, 1.54) is 0 Å². The number of aromatic nitrogens is 3. The molecular weight excluding hydrogens is 258 g/mol. The first kappa shape index (κ1) is 13.4. The van der Waals surface area contributed by atoms with Gasteiger partial charge < -0.3 is 0 Å². The minimum atomic E-state index is 0.888. The highest BCUT2D eigenvalue weighted by Gasteiger charge is 2.11. The van der Waals surface area contributed by atoms with Crippen molar-refractivity contribution < 1.29 is 0 Å². The fraction of sp³-hybridized carbons (Fsp3) is 0.167. The number of aryl methyl sites for hydroxylation is 3. The summed E-state index contributed by atoms with van der Waals surface area (Å²) in [4.78, 5) is 13.7. The molecular formula is C18H17N3. The minimum absolute atomic E-state index is 0.888. The molecule has 0 saturated heterocycles. The van der Waals surface area contributed by atoms with Crippen LogP contribution in [-0.2, 0) is 0 Å². The first-order valence-electron chi connectivity index (χ1n) is 6.98. The lowest BCUT2D eigenvalue weighted by Gasteiger charge is -2.10. The van der Waals surface area contributed by atoms with Gasteiger partial charge in [-0.1, -0.05) is 18.2 Å². The van der Waals surface area contributed by atoms with Gasteiger partial charge in [-0.3, -0.25) is 9.97 Å². The van der Waals surface area contributed by atoms with E-state index in [4.69, 9.17) is 4.98 Å². The normalized spacial score (nSPS) is 10.6. The lowest BCUT2D eigenvalue weighted by molar-refractivity contribution is 1.16. The predicted octanol–water partition coefficient (Wildman–Crippen LogP) is 4.13. The highest BCUT2D eigenvalue weighted by atomic mass is 14.8. The van der Waals surface area contributed by atoms with Gasteiger partial charge in [0.25, 0.3) is 0 Å². The minimum Gasteiger partial charge on any atom is -0.254 e. The van der Waals surface area contributed by atoms with E-state index in [-0.39, 0.29) is 0 Å². The largest absolute Gasteiger partial charge is 0.254 e. The van der Waals surface area contributed by atoms with Crippen LogP contribution in [0.3, 0.4) is 0 Å². The Morgan fingerprint density at radius 3 is 1.81 bits per heavy atom. The van der Waals surface area contributed by atoms with Gasteiger partial charge in [-0.05, 0) is 55.7 Å². The Bertz CT molecular complexity index is 794. The van der Waals surface area contributed by atoms with Gasteiger partial charge in [-0.25, -0.2) is 4.98 Å². The van der Waals surface area contributed by atoms with Crippen LogP contribution in [0.5, 0.6) is 0 Å². The van der Waals surface area contributed by atoms with Crippen LogP contribution < -0.4 is 0 Å². The zero-order valence-electron chi connectivity index (χ0n) is 12.5. The molecule has 0 unspecified atom stereocenters. The van der Waals surface area contributed by atoms with Crippen LogP contribution in [0.1, 0.15) is 16.7 Å². The smallest absolute Gasteiger partial charge is 0.0926 e. The van der Waals surface area contributed by atoms with Gasteiger partial charge >= 0.3 is 0 Å². The third-order valence-electron chi connectivity index (χ3n) is 3.58. The van der Waals surface area contributed by atoms with Crippen molar-refractivity contribution in [2.24, 2.45) is 0 Å². The van der Waals surface area contributed by atoms with E-state index in [9.17, 15) is 0 Å². The van der Waals surface area contributed by atoms with Crippen molar-refractivity contribution in [2.45, 2.75) is 20.8 Å². The lowest BCUT2D eigenvalue weighted by Crippen LogP contribution is -1.97. The highest BCUT2D eigenvalue weighted by molar-refractivity contribution is 5.67. The Kier molecular flexibility index (Phi) is 3.48. The summed E-state index contributed by atoms with van der Waals surface area (Å²) < 4.78 is 0. The first-order chi connectivity index (χ1) is 10.2. The molecule has 3 rings (SSSR count). The molecule has 0 bridgehead atoms. The number of pyridine rings is 3. The van der Waals surface area contributed by atoms with Crippen LogP contribution in [0.25, 0.3) is 22.8 Å². The quantitative estimate of drug-likeness (QED) is 0.705. The summed E-state index contributed by atoms with van der Waals surface area (Å²) in [5.74, 6) is 0. The maximum absolute atomic E-state index is 4.81. The summed E-state index contributed by atoms with van der Waals surface area (Å²) in [7, 11) is 0. The molecule has 0 aromatic carbocycles. The monoisotopic (exact) mass is 275 g/mol. The van der Waals surface area contributed by atoms with Crippen molar-refractivity contribution in [3.63, 3.8) is 0 Å². The molecule has 0 radical (unpaired) electrons. The third-order valence-corrected chi connectivity index (χ3v) is 3.58. The van der Waals surface area contributed by atoms with Crippen molar-refractivity contribution in [2.75, 3.05) is 0 Å². The fourth-order valence-corrected chi connectivity index (χ4v) is 2.39. The van der Waals surface area contributed by atoms with Gasteiger partial charge in [0.2, 0.25) is 0 Å². The van der Waals surface area contributed by atoms with E-state index in [2.05, 4.69) is 48.9 Å². The second-order valence-electron chi connectivity index (χ2n) is 5.20. The van der Waals surface area contributed by atoms with Crippen LogP contribution in [0.4, 0.5) is 0 Å². The zero-order valence-corrected chi connectivity index (χ0v) is 12.5. The summed E-state index contributed by atoms with van der Waals surface area (Å²) >= 11 is 0. The van der Waals surface area contributed by atoms with E-state index in [1.54, 1.807) is 6.20 Å².